The van der Waals surface area contributed by atoms with Crippen LogP contribution in [0.1, 0.15) is 21.9 Å². The Morgan fingerprint density at radius 3 is 2.43 bits per heavy atom. The Morgan fingerprint density at radius 1 is 1.09 bits per heavy atom. The molecule has 0 aliphatic heterocycles. The van der Waals surface area contributed by atoms with Crippen LogP contribution in [0.15, 0.2) is 88.8 Å². The van der Waals surface area contributed by atoms with Gasteiger partial charge in [0, 0.05) is 5.56 Å². The number of amides is 1. The lowest BCUT2D eigenvalue weighted by molar-refractivity contribution is -0.115. The number of thioether (sulfide) groups is 1. The molecule has 174 valence electrons. The third kappa shape index (κ3) is 5.42. The van der Waals surface area contributed by atoms with Crippen LogP contribution < -0.4 is 15.6 Å². The number of aryl methyl sites for hydroxylation is 1. The molecule has 0 saturated heterocycles. The fraction of sp³-hybridized carbons (Fsp3) is 0.111. The third-order valence-electron chi connectivity index (χ3n) is 5.24. The first kappa shape index (κ1) is 23.8. The van der Waals surface area contributed by atoms with Crippen LogP contribution in [-0.2, 0) is 4.79 Å². The summed E-state index contributed by atoms with van der Waals surface area (Å²) in [5.41, 5.74) is 2.52. The summed E-state index contributed by atoms with van der Waals surface area (Å²) in [6.07, 6.45) is 0. The smallest absolute Gasteiger partial charge is 0.270 e. The van der Waals surface area contributed by atoms with Crippen LogP contribution in [0.3, 0.4) is 0 Å². The number of nitrogens with one attached hydrogen (secondary N) is 2. The fourth-order valence-corrected chi connectivity index (χ4v) is 4.53. The van der Waals surface area contributed by atoms with Crippen molar-refractivity contribution in [3.8, 4) is 23.1 Å². The molecule has 3 aromatic carbocycles. The van der Waals surface area contributed by atoms with Gasteiger partial charge in [-0.3, -0.25) is 9.59 Å². The summed E-state index contributed by atoms with van der Waals surface area (Å²) in [5.74, 6) is 0.232. The maximum absolute atomic E-state index is 13.5. The molecule has 0 aliphatic rings. The fourth-order valence-electron chi connectivity index (χ4n) is 3.55. The average Bonchev–Trinajstić information content (AvgIpc) is 2.88. The van der Waals surface area contributed by atoms with Crippen LogP contribution in [0, 0.1) is 18.3 Å². The molecular formula is C27H22N4O3S. The van der Waals surface area contributed by atoms with Gasteiger partial charge in [-0.2, -0.15) is 5.26 Å². The highest BCUT2D eigenvalue weighted by Crippen LogP contribution is 2.36. The number of anilines is 1. The minimum absolute atomic E-state index is 0.0780. The van der Waals surface area contributed by atoms with Gasteiger partial charge in [-0.05, 0) is 30.2 Å². The van der Waals surface area contributed by atoms with E-state index in [0.717, 1.165) is 22.9 Å². The van der Waals surface area contributed by atoms with Gasteiger partial charge in [-0.15, -0.1) is 0 Å². The van der Waals surface area contributed by atoms with Crippen molar-refractivity contribution in [2.45, 2.75) is 17.3 Å². The zero-order chi connectivity index (χ0) is 24.8. The largest absolute Gasteiger partial charge is 0.495 e. The number of nitriles is 1. The molecule has 1 unspecified atom stereocenters. The Kier molecular flexibility index (Phi) is 7.29. The van der Waals surface area contributed by atoms with Crippen LogP contribution in [0.4, 0.5) is 5.69 Å². The van der Waals surface area contributed by atoms with E-state index in [-0.39, 0.29) is 22.3 Å². The molecule has 0 saturated carbocycles. The molecule has 0 aliphatic carbocycles. The van der Waals surface area contributed by atoms with E-state index in [9.17, 15) is 14.9 Å². The van der Waals surface area contributed by atoms with Crippen LogP contribution in [0.2, 0.25) is 0 Å². The van der Waals surface area contributed by atoms with Crippen LogP contribution in [0.5, 0.6) is 5.75 Å². The summed E-state index contributed by atoms with van der Waals surface area (Å²) >= 11 is 1.10. The number of H-pyrrole nitrogens is 1. The normalized spacial score (nSPS) is 11.3. The highest BCUT2D eigenvalue weighted by molar-refractivity contribution is 8.00. The van der Waals surface area contributed by atoms with E-state index in [1.54, 1.807) is 25.3 Å². The minimum Gasteiger partial charge on any atom is -0.495 e. The lowest BCUT2D eigenvalue weighted by Gasteiger charge is -2.18. The molecule has 2 N–H and O–H groups in total. The first-order valence-corrected chi connectivity index (χ1v) is 11.6. The summed E-state index contributed by atoms with van der Waals surface area (Å²) < 4.78 is 5.40. The summed E-state index contributed by atoms with van der Waals surface area (Å²) in [6.45, 7) is 1.93. The Bertz CT molecular complexity index is 1450. The Morgan fingerprint density at radius 2 is 1.77 bits per heavy atom. The molecule has 1 atom stereocenters. The molecule has 1 aromatic heterocycles. The molecule has 0 bridgehead atoms. The van der Waals surface area contributed by atoms with Crippen LogP contribution >= 0.6 is 11.8 Å². The molecule has 7 nitrogen and oxygen atoms in total. The van der Waals surface area contributed by atoms with Gasteiger partial charge in [0.15, 0.2) is 5.16 Å². The molecule has 35 heavy (non-hydrogen) atoms. The molecule has 4 aromatic rings. The number of hydrogen-bond donors (Lipinski definition) is 2. The van der Waals surface area contributed by atoms with Crippen molar-refractivity contribution in [1.29, 1.82) is 5.26 Å². The van der Waals surface area contributed by atoms with Crippen LogP contribution in [0.25, 0.3) is 11.3 Å². The number of carbonyl (C=O) groups is 1. The van der Waals surface area contributed by atoms with Gasteiger partial charge in [0.1, 0.15) is 22.6 Å². The summed E-state index contributed by atoms with van der Waals surface area (Å²) in [6, 6.07) is 25.7. The van der Waals surface area contributed by atoms with Crippen molar-refractivity contribution in [3.05, 3.63) is 106 Å². The second-order valence-corrected chi connectivity index (χ2v) is 8.77. The van der Waals surface area contributed by atoms with Gasteiger partial charge in [-0.25, -0.2) is 4.98 Å². The van der Waals surface area contributed by atoms with Gasteiger partial charge in [0.25, 0.3) is 5.56 Å². The van der Waals surface area contributed by atoms with Crippen molar-refractivity contribution < 1.29 is 9.53 Å². The number of nitrogens with zero attached hydrogens (tertiary/aromatic N) is 2. The zero-order valence-electron chi connectivity index (χ0n) is 19.1. The van der Waals surface area contributed by atoms with Crippen molar-refractivity contribution in [3.63, 3.8) is 0 Å². The first-order chi connectivity index (χ1) is 17.0. The van der Waals surface area contributed by atoms with Crippen LogP contribution in [-0.4, -0.2) is 23.0 Å². The summed E-state index contributed by atoms with van der Waals surface area (Å²) in [7, 11) is 1.54. The van der Waals surface area contributed by atoms with Crippen molar-refractivity contribution >= 4 is 23.4 Å². The molecule has 4 rings (SSSR count). The van der Waals surface area contributed by atoms with Gasteiger partial charge in [0.05, 0.1) is 18.5 Å². The Hall–Kier alpha value is -4.35. The Balaban J connectivity index is 1.74. The van der Waals surface area contributed by atoms with Gasteiger partial charge in [0.2, 0.25) is 5.91 Å². The molecule has 0 fully saturated rings. The summed E-state index contributed by atoms with van der Waals surface area (Å²) in [4.78, 5) is 33.4. The predicted octanol–water partition coefficient (Wildman–Crippen LogP) is 5.10. The number of aromatic amines is 1. The van der Waals surface area contributed by atoms with Crippen molar-refractivity contribution in [2.75, 3.05) is 12.4 Å². The zero-order valence-corrected chi connectivity index (χ0v) is 19.9. The lowest BCUT2D eigenvalue weighted by Crippen LogP contribution is -2.21. The van der Waals surface area contributed by atoms with Crippen molar-refractivity contribution in [2.24, 2.45) is 0 Å². The number of rotatable bonds is 7. The second-order valence-electron chi connectivity index (χ2n) is 7.67. The number of benzene rings is 3. The number of carbonyl (C=O) groups excluding carboxylic acids is 1. The predicted molar refractivity (Wildman–Crippen MR) is 136 cm³/mol. The SMILES string of the molecule is COc1ccc(C)cc1NC(=O)C(Sc1nc(-c2ccccc2)c(C#N)c(=O)[nH]1)c1ccccc1. The number of ether oxygens (including phenoxy) is 1. The first-order valence-electron chi connectivity index (χ1n) is 10.8. The standard InChI is InChI=1S/C27H22N4O3S/c1-17-13-14-22(34-2)21(15-17)29-26(33)24(19-11-7-4-8-12-19)35-27-30-23(18-9-5-3-6-10-18)20(16-28)25(32)31-27/h3-15,24H,1-2H3,(H,29,33)(H,30,31,32). The second kappa shape index (κ2) is 10.7. The van der Waals surface area contributed by atoms with E-state index in [1.807, 2.05) is 73.7 Å². The Labute approximate surface area is 206 Å². The topological polar surface area (TPSA) is 108 Å². The van der Waals surface area contributed by atoms with Gasteiger partial charge < -0.3 is 15.0 Å². The highest BCUT2D eigenvalue weighted by atomic mass is 32.2. The van der Waals surface area contributed by atoms with E-state index in [2.05, 4.69) is 15.3 Å². The minimum atomic E-state index is -0.735. The molecule has 0 radical (unpaired) electrons. The van der Waals surface area contributed by atoms with E-state index in [1.165, 1.54) is 0 Å². The number of methoxy groups -OCH3 is 1. The molecule has 1 heterocycles. The number of hydrogen-bond acceptors (Lipinski definition) is 6. The third-order valence-corrected chi connectivity index (χ3v) is 6.38. The molecular weight excluding hydrogens is 460 g/mol. The van der Waals surface area contributed by atoms with Gasteiger partial charge >= 0.3 is 0 Å². The molecule has 8 heteroatoms. The lowest BCUT2D eigenvalue weighted by atomic mass is 10.1. The maximum atomic E-state index is 13.5. The quantitative estimate of drug-likeness (QED) is 0.280. The molecule has 0 spiro atoms. The van der Waals surface area contributed by atoms with E-state index in [0.29, 0.717) is 17.0 Å². The molecule has 1 amide bonds. The van der Waals surface area contributed by atoms with E-state index >= 15 is 0 Å². The van der Waals surface area contributed by atoms with E-state index in [4.69, 9.17) is 4.74 Å². The monoisotopic (exact) mass is 482 g/mol. The average molecular weight is 483 g/mol. The number of aromatic nitrogens is 2. The van der Waals surface area contributed by atoms with Gasteiger partial charge in [-0.1, -0.05) is 78.5 Å². The van der Waals surface area contributed by atoms with Crippen molar-refractivity contribution in [1.82, 2.24) is 9.97 Å². The maximum Gasteiger partial charge on any atom is 0.270 e. The van der Waals surface area contributed by atoms with E-state index < -0.39 is 10.8 Å². The summed E-state index contributed by atoms with van der Waals surface area (Å²) in [5, 5.41) is 12.0. The highest BCUT2D eigenvalue weighted by Gasteiger charge is 2.25.